The van der Waals surface area contributed by atoms with E-state index in [2.05, 4.69) is 23.9 Å². The van der Waals surface area contributed by atoms with Crippen LogP contribution in [0.2, 0.25) is 0 Å². The van der Waals surface area contributed by atoms with Gasteiger partial charge in [-0.3, -0.25) is 4.79 Å². The predicted octanol–water partition coefficient (Wildman–Crippen LogP) is 1.45. The Hall–Kier alpha value is -0.610. The largest absolute Gasteiger partial charge is 0.338 e. The topological polar surface area (TPSA) is 49.6 Å². The maximum atomic E-state index is 12.2. The summed E-state index contributed by atoms with van der Waals surface area (Å²) in [5.41, 5.74) is 5.45. The average molecular weight is 255 g/mol. The second-order valence-electron chi connectivity index (χ2n) is 5.60. The number of likely N-dealkylation sites (N-methyl/N-ethyl adjacent to an activating group) is 1. The molecule has 0 aromatic heterocycles. The van der Waals surface area contributed by atoms with E-state index in [1.54, 1.807) is 0 Å². The average Bonchev–Trinajstić information content (AvgIpc) is 2.76. The van der Waals surface area contributed by atoms with Crippen molar-refractivity contribution in [3.63, 3.8) is 0 Å². The van der Waals surface area contributed by atoms with Gasteiger partial charge in [0.25, 0.3) is 0 Å². The molecule has 0 aliphatic carbocycles. The second kappa shape index (κ2) is 8.48. The monoisotopic (exact) mass is 255 g/mol. The summed E-state index contributed by atoms with van der Waals surface area (Å²) in [7, 11) is 4.15. The first kappa shape index (κ1) is 15.4. The minimum absolute atomic E-state index is 0.354. The van der Waals surface area contributed by atoms with Gasteiger partial charge in [0.15, 0.2) is 0 Å². The van der Waals surface area contributed by atoms with Gasteiger partial charge in [0.1, 0.15) is 0 Å². The van der Waals surface area contributed by atoms with Gasteiger partial charge in [-0.25, -0.2) is 0 Å². The van der Waals surface area contributed by atoms with Crippen molar-refractivity contribution in [1.29, 1.82) is 0 Å². The fourth-order valence-electron chi connectivity index (χ4n) is 2.69. The Morgan fingerprint density at radius 2 is 2.00 bits per heavy atom. The van der Waals surface area contributed by atoms with Crippen molar-refractivity contribution in [2.75, 3.05) is 33.7 Å². The summed E-state index contributed by atoms with van der Waals surface area (Å²) in [5.74, 6) is 0.354. The normalized spacial score (nSPS) is 19.8. The Morgan fingerprint density at radius 1 is 1.28 bits per heavy atom. The number of carbonyl (C=O) groups excluding carboxylic acids is 1. The van der Waals surface area contributed by atoms with Crippen molar-refractivity contribution < 1.29 is 4.79 Å². The molecule has 4 heteroatoms. The van der Waals surface area contributed by atoms with Gasteiger partial charge >= 0.3 is 0 Å². The van der Waals surface area contributed by atoms with E-state index in [1.165, 1.54) is 0 Å². The van der Waals surface area contributed by atoms with E-state index in [-0.39, 0.29) is 0 Å². The lowest BCUT2D eigenvalue weighted by atomic mass is 10.1. The summed E-state index contributed by atoms with van der Waals surface area (Å²) in [6.07, 6.45) is 7.44. The Bertz CT molecular complexity index is 243. The number of nitrogens with zero attached hydrogens (tertiary/aromatic N) is 2. The number of amides is 1. The van der Waals surface area contributed by atoms with Crippen LogP contribution in [0.1, 0.15) is 44.9 Å². The zero-order valence-corrected chi connectivity index (χ0v) is 12.0. The van der Waals surface area contributed by atoms with Gasteiger partial charge < -0.3 is 15.5 Å². The van der Waals surface area contributed by atoms with Crippen LogP contribution in [-0.4, -0.2) is 55.5 Å². The van der Waals surface area contributed by atoms with Crippen LogP contribution in [0.4, 0.5) is 0 Å². The van der Waals surface area contributed by atoms with E-state index in [4.69, 9.17) is 5.73 Å². The number of rotatable bonds is 8. The van der Waals surface area contributed by atoms with Crippen molar-refractivity contribution in [2.24, 2.45) is 5.73 Å². The summed E-state index contributed by atoms with van der Waals surface area (Å²) in [5, 5.41) is 0. The lowest BCUT2D eigenvalue weighted by Gasteiger charge is -2.27. The molecule has 1 aliphatic rings. The molecule has 0 aromatic carbocycles. The van der Waals surface area contributed by atoms with E-state index >= 15 is 0 Å². The molecule has 1 aliphatic heterocycles. The molecule has 4 nitrogen and oxygen atoms in total. The third kappa shape index (κ3) is 5.36. The highest BCUT2D eigenvalue weighted by Gasteiger charge is 2.28. The predicted molar refractivity (Wildman–Crippen MR) is 75.4 cm³/mol. The van der Waals surface area contributed by atoms with Gasteiger partial charge in [0.2, 0.25) is 5.91 Å². The van der Waals surface area contributed by atoms with Crippen molar-refractivity contribution >= 4 is 5.91 Å². The summed E-state index contributed by atoms with van der Waals surface area (Å²) in [6, 6.07) is 0.441. The Balaban J connectivity index is 2.23. The zero-order valence-electron chi connectivity index (χ0n) is 12.0. The Kier molecular flexibility index (Phi) is 7.28. The molecule has 0 aromatic rings. The van der Waals surface area contributed by atoms with Crippen molar-refractivity contribution in [3.8, 4) is 0 Å². The van der Waals surface area contributed by atoms with Crippen molar-refractivity contribution in [1.82, 2.24) is 9.80 Å². The standard InChI is InChI=1S/C14H29N3O/c1-16(2)12-13-8-7-11-17(13)14(18)9-5-3-4-6-10-15/h13H,3-12,15H2,1-2H3. The quantitative estimate of drug-likeness (QED) is 0.668. The number of unbranched alkanes of at least 4 members (excludes halogenated alkanes) is 3. The van der Waals surface area contributed by atoms with Crippen LogP contribution in [-0.2, 0) is 4.79 Å². The first-order valence-electron chi connectivity index (χ1n) is 7.29. The fraction of sp³-hybridized carbons (Fsp3) is 0.929. The van der Waals surface area contributed by atoms with E-state index < -0.39 is 0 Å². The molecule has 2 N–H and O–H groups in total. The van der Waals surface area contributed by atoms with E-state index in [1.807, 2.05) is 0 Å². The number of likely N-dealkylation sites (tertiary alicyclic amines) is 1. The first-order valence-corrected chi connectivity index (χ1v) is 7.29. The van der Waals surface area contributed by atoms with Crippen LogP contribution in [0, 0.1) is 0 Å². The zero-order chi connectivity index (χ0) is 13.4. The van der Waals surface area contributed by atoms with Crippen LogP contribution in [0.25, 0.3) is 0 Å². The molecular formula is C14H29N3O. The Morgan fingerprint density at radius 3 is 2.67 bits per heavy atom. The molecule has 1 fully saturated rings. The maximum absolute atomic E-state index is 12.2. The number of nitrogens with two attached hydrogens (primary N) is 1. The van der Waals surface area contributed by atoms with Crippen LogP contribution in [0.3, 0.4) is 0 Å². The van der Waals surface area contributed by atoms with Crippen LogP contribution in [0.15, 0.2) is 0 Å². The highest BCUT2D eigenvalue weighted by Crippen LogP contribution is 2.19. The number of hydrogen-bond donors (Lipinski definition) is 1. The summed E-state index contributed by atoms with van der Waals surface area (Å²) in [4.78, 5) is 16.4. The van der Waals surface area contributed by atoms with E-state index in [0.29, 0.717) is 18.4 Å². The molecule has 1 amide bonds. The van der Waals surface area contributed by atoms with Gasteiger partial charge in [-0.2, -0.15) is 0 Å². The van der Waals surface area contributed by atoms with Crippen molar-refractivity contribution in [3.05, 3.63) is 0 Å². The smallest absolute Gasteiger partial charge is 0.222 e. The summed E-state index contributed by atoms with van der Waals surface area (Å²) >= 11 is 0. The molecule has 0 spiro atoms. The molecular weight excluding hydrogens is 226 g/mol. The van der Waals surface area contributed by atoms with Gasteiger partial charge in [-0.1, -0.05) is 12.8 Å². The minimum atomic E-state index is 0.354. The third-order valence-corrected chi connectivity index (χ3v) is 3.62. The summed E-state index contributed by atoms with van der Waals surface area (Å²) < 4.78 is 0. The molecule has 1 unspecified atom stereocenters. The third-order valence-electron chi connectivity index (χ3n) is 3.62. The molecule has 1 saturated heterocycles. The van der Waals surface area contributed by atoms with Gasteiger partial charge in [0.05, 0.1) is 0 Å². The van der Waals surface area contributed by atoms with Crippen LogP contribution in [0.5, 0.6) is 0 Å². The lowest BCUT2D eigenvalue weighted by Crippen LogP contribution is -2.41. The second-order valence-corrected chi connectivity index (χ2v) is 5.60. The first-order chi connectivity index (χ1) is 8.65. The molecule has 18 heavy (non-hydrogen) atoms. The molecule has 0 radical (unpaired) electrons. The highest BCUT2D eigenvalue weighted by molar-refractivity contribution is 5.76. The fourth-order valence-corrected chi connectivity index (χ4v) is 2.69. The minimum Gasteiger partial charge on any atom is -0.338 e. The molecule has 106 valence electrons. The van der Waals surface area contributed by atoms with Gasteiger partial charge in [0, 0.05) is 25.6 Å². The van der Waals surface area contributed by atoms with Crippen LogP contribution < -0.4 is 5.73 Å². The lowest BCUT2D eigenvalue weighted by molar-refractivity contribution is -0.132. The summed E-state index contributed by atoms with van der Waals surface area (Å²) in [6.45, 7) is 2.73. The molecule has 1 heterocycles. The molecule has 1 atom stereocenters. The van der Waals surface area contributed by atoms with E-state index in [9.17, 15) is 4.79 Å². The SMILES string of the molecule is CN(C)CC1CCCN1C(=O)CCCCCCN. The van der Waals surface area contributed by atoms with Gasteiger partial charge in [-0.15, -0.1) is 0 Å². The maximum Gasteiger partial charge on any atom is 0.222 e. The van der Waals surface area contributed by atoms with Crippen molar-refractivity contribution in [2.45, 2.75) is 51.0 Å². The van der Waals surface area contributed by atoms with E-state index in [0.717, 1.165) is 58.2 Å². The molecule has 0 saturated carbocycles. The number of carbonyl (C=O) groups is 1. The molecule has 1 rings (SSSR count). The molecule has 0 bridgehead atoms. The number of hydrogen-bond acceptors (Lipinski definition) is 3. The Labute approximate surface area is 111 Å². The van der Waals surface area contributed by atoms with Gasteiger partial charge in [-0.05, 0) is 46.3 Å². The van der Waals surface area contributed by atoms with Crippen LogP contribution >= 0.6 is 0 Å². The highest BCUT2D eigenvalue weighted by atomic mass is 16.2.